The number of hydrogen-bond acceptors (Lipinski definition) is 4. The molecule has 0 N–H and O–H groups in total. The van der Waals surface area contributed by atoms with Gasteiger partial charge in [0.05, 0.1) is 19.5 Å². The summed E-state index contributed by atoms with van der Waals surface area (Å²) in [6, 6.07) is 0. The Morgan fingerprint density at radius 1 is 1.47 bits per heavy atom. The monoisotopic (exact) mass is 324 g/mol. The second-order valence-corrected chi connectivity index (χ2v) is 4.46. The molecule has 0 aliphatic heterocycles. The predicted octanol–water partition coefficient (Wildman–Crippen LogP) is 1.71. The second-order valence-electron chi connectivity index (χ2n) is 3.31. The van der Waals surface area contributed by atoms with Crippen molar-refractivity contribution < 1.29 is 9.47 Å². The maximum Gasteiger partial charge on any atom is 0.269 e. The molecule has 0 aliphatic rings. The lowest BCUT2D eigenvalue weighted by Gasteiger charge is -2.07. The van der Waals surface area contributed by atoms with E-state index in [-0.39, 0.29) is 15.2 Å². The van der Waals surface area contributed by atoms with Crippen LogP contribution in [-0.2, 0) is 16.0 Å². The molecule has 0 unspecified atom stereocenters. The first kappa shape index (κ1) is 14.6. The maximum atomic E-state index is 11.7. The minimum Gasteiger partial charge on any atom is -0.385 e. The van der Waals surface area contributed by atoms with E-state index in [1.807, 2.05) is 0 Å². The maximum absolute atomic E-state index is 11.7. The molecule has 0 aliphatic carbocycles. The second kappa shape index (κ2) is 7.81. The van der Waals surface area contributed by atoms with Crippen LogP contribution >= 0.6 is 27.5 Å². The van der Waals surface area contributed by atoms with Crippen molar-refractivity contribution in [3.05, 3.63) is 26.3 Å². The molecule has 5 nitrogen and oxygen atoms in total. The number of hydrogen-bond donors (Lipinski definition) is 0. The van der Waals surface area contributed by atoms with Crippen LogP contribution in [0.1, 0.15) is 6.42 Å². The Balaban J connectivity index is 2.37. The smallest absolute Gasteiger partial charge is 0.269 e. The molecular weight excluding hydrogens is 311 g/mol. The van der Waals surface area contributed by atoms with Crippen molar-refractivity contribution in [2.24, 2.45) is 0 Å². The van der Waals surface area contributed by atoms with Crippen LogP contribution in [0.2, 0.25) is 5.15 Å². The molecule has 7 heteroatoms. The third-order valence-corrected chi connectivity index (χ3v) is 3.28. The van der Waals surface area contributed by atoms with E-state index in [1.165, 1.54) is 10.9 Å². The molecule has 0 atom stereocenters. The number of nitrogens with zero attached hydrogens (tertiary/aromatic N) is 2. The fourth-order valence-corrected chi connectivity index (χ4v) is 1.63. The van der Waals surface area contributed by atoms with E-state index in [2.05, 4.69) is 20.9 Å². The van der Waals surface area contributed by atoms with Gasteiger partial charge in [-0.2, -0.15) is 0 Å². The fraction of sp³-hybridized carbons (Fsp3) is 0.600. The SMILES string of the molecule is COCCCOCCn1cnc(Cl)c(Br)c1=O. The van der Waals surface area contributed by atoms with Gasteiger partial charge in [-0.25, -0.2) is 4.98 Å². The van der Waals surface area contributed by atoms with Crippen molar-refractivity contribution in [1.29, 1.82) is 0 Å². The Hall–Kier alpha value is -0.430. The van der Waals surface area contributed by atoms with Gasteiger partial charge in [0, 0.05) is 20.3 Å². The first-order valence-electron chi connectivity index (χ1n) is 5.14. The average molecular weight is 326 g/mol. The Morgan fingerprint density at radius 3 is 2.94 bits per heavy atom. The summed E-state index contributed by atoms with van der Waals surface area (Å²) in [5.41, 5.74) is -0.203. The fourth-order valence-electron chi connectivity index (χ4n) is 1.17. The van der Waals surface area contributed by atoms with Gasteiger partial charge < -0.3 is 9.47 Å². The van der Waals surface area contributed by atoms with Gasteiger partial charge in [0.15, 0.2) is 5.15 Å². The number of ether oxygens (including phenoxy) is 2. The summed E-state index contributed by atoms with van der Waals surface area (Å²) in [7, 11) is 1.65. The van der Waals surface area contributed by atoms with E-state index in [0.29, 0.717) is 26.4 Å². The lowest BCUT2D eigenvalue weighted by Crippen LogP contribution is -2.23. The van der Waals surface area contributed by atoms with Crippen molar-refractivity contribution in [3.8, 4) is 0 Å². The first-order valence-corrected chi connectivity index (χ1v) is 6.31. The van der Waals surface area contributed by atoms with Gasteiger partial charge in [-0.15, -0.1) is 0 Å². The summed E-state index contributed by atoms with van der Waals surface area (Å²) in [6.45, 7) is 2.20. The summed E-state index contributed by atoms with van der Waals surface area (Å²) in [5, 5.41) is 0.173. The van der Waals surface area contributed by atoms with Gasteiger partial charge in [0.2, 0.25) is 0 Å². The van der Waals surface area contributed by atoms with E-state index < -0.39 is 0 Å². The molecule has 1 rings (SSSR count). The number of halogens is 2. The zero-order valence-corrected chi connectivity index (χ0v) is 11.8. The summed E-state index contributed by atoms with van der Waals surface area (Å²) in [5.74, 6) is 0. The molecule has 0 amide bonds. The summed E-state index contributed by atoms with van der Waals surface area (Å²) >= 11 is 8.78. The predicted molar refractivity (Wildman–Crippen MR) is 68.5 cm³/mol. The third-order valence-electron chi connectivity index (χ3n) is 2.05. The van der Waals surface area contributed by atoms with Crippen molar-refractivity contribution >= 4 is 27.5 Å². The Labute approximate surface area is 113 Å². The Morgan fingerprint density at radius 2 is 2.24 bits per heavy atom. The molecular formula is C10H14BrClN2O3. The standard InChI is InChI=1S/C10H14BrClN2O3/c1-16-4-2-5-17-6-3-14-7-13-9(12)8(11)10(14)15/h7H,2-6H2,1H3. The van der Waals surface area contributed by atoms with Gasteiger partial charge in [-0.1, -0.05) is 11.6 Å². The first-order chi connectivity index (χ1) is 8.16. The average Bonchev–Trinajstić information content (AvgIpc) is 2.33. The highest BCUT2D eigenvalue weighted by Crippen LogP contribution is 2.13. The van der Waals surface area contributed by atoms with Gasteiger partial charge in [0.1, 0.15) is 4.47 Å². The quantitative estimate of drug-likeness (QED) is 0.566. The molecule has 0 fully saturated rings. The molecule has 0 saturated heterocycles. The molecule has 0 saturated carbocycles. The third kappa shape index (κ3) is 4.75. The van der Waals surface area contributed by atoms with Crippen molar-refractivity contribution in [2.45, 2.75) is 13.0 Å². The molecule has 0 radical (unpaired) electrons. The van der Waals surface area contributed by atoms with Crippen LogP contribution in [-0.4, -0.2) is 36.5 Å². The summed E-state index contributed by atoms with van der Waals surface area (Å²) in [4.78, 5) is 15.5. The van der Waals surface area contributed by atoms with Crippen LogP contribution in [0.4, 0.5) is 0 Å². The molecule has 0 aromatic carbocycles. The zero-order valence-electron chi connectivity index (χ0n) is 9.49. The van der Waals surface area contributed by atoms with Crippen molar-refractivity contribution in [3.63, 3.8) is 0 Å². The lowest BCUT2D eigenvalue weighted by molar-refractivity contribution is 0.0970. The highest BCUT2D eigenvalue weighted by Gasteiger charge is 2.06. The van der Waals surface area contributed by atoms with E-state index in [4.69, 9.17) is 21.1 Å². The Kier molecular flexibility index (Phi) is 6.72. The van der Waals surface area contributed by atoms with Crippen molar-refractivity contribution in [1.82, 2.24) is 9.55 Å². The van der Waals surface area contributed by atoms with Crippen LogP contribution in [0.15, 0.2) is 15.6 Å². The summed E-state index contributed by atoms with van der Waals surface area (Å²) < 4.78 is 12.0. The molecule has 1 aromatic heterocycles. The molecule has 17 heavy (non-hydrogen) atoms. The van der Waals surface area contributed by atoms with Gasteiger partial charge in [0.25, 0.3) is 5.56 Å². The number of aromatic nitrogens is 2. The zero-order chi connectivity index (χ0) is 12.7. The van der Waals surface area contributed by atoms with E-state index in [1.54, 1.807) is 7.11 Å². The number of methoxy groups -OCH3 is 1. The molecule has 1 heterocycles. The van der Waals surface area contributed by atoms with Crippen LogP contribution in [0.5, 0.6) is 0 Å². The van der Waals surface area contributed by atoms with E-state index in [9.17, 15) is 4.79 Å². The summed E-state index contributed by atoms with van der Waals surface area (Å²) in [6.07, 6.45) is 2.25. The van der Waals surface area contributed by atoms with Gasteiger partial charge in [-0.05, 0) is 22.4 Å². The molecule has 0 spiro atoms. The molecule has 1 aromatic rings. The van der Waals surface area contributed by atoms with Crippen LogP contribution in [0, 0.1) is 0 Å². The largest absolute Gasteiger partial charge is 0.385 e. The number of rotatable bonds is 7. The molecule has 0 bridgehead atoms. The highest BCUT2D eigenvalue weighted by atomic mass is 79.9. The van der Waals surface area contributed by atoms with E-state index in [0.717, 1.165) is 6.42 Å². The highest BCUT2D eigenvalue weighted by molar-refractivity contribution is 9.10. The minimum atomic E-state index is -0.203. The van der Waals surface area contributed by atoms with Crippen LogP contribution < -0.4 is 5.56 Å². The van der Waals surface area contributed by atoms with Crippen LogP contribution in [0.3, 0.4) is 0 Å². The normalized spacial score (nSPS) is 10.8. The van der Waals surface area contributed by atoms with Gasteiger partial charge >= 0.3 is 0 Å². The van der Waals surface area contributed by atoms with E-state index >= 15 is 0 Å². The molecule has 96 valence electrons. The van der Waals surface area contributed by atoms with Crippen LogP contribution in [0.25, 0.3) is 0 Å². The topological polar surface area (TPSA) is 53.4 Å². The Bertz CT molecular complexity index is 411. The van der Waals surface area contributed by atoms with Crippen molar-refractivity contribution in [2.75, 3.05) is 26.9 Å². The lowest BCUT2D eigenvalue weighted by atomic mass is 10.5. The minimum absolute atomic E-state index is 0.173. The van der Waals surface area contributed by atoms with Gasteiger partial charge in [-0.3, -0.25) is 9.36 Å².